The third-order valence-corrected chi connectivity index (χ3v) is 8.72. The number of nitrogens with zero attached hydrogens (tertiary/aromatic N) is 1. The number of hydrogen-bond donors (Lipinski definition) is 0. The van der Waals surface area contributed by atoms with Gasteiger partial charge in [-0.25, -0.2) is 0 Å². The monoisotopic (exact) mass is 519 g/mol. The minimum Gasteiger partial charge on any atom is -0.309 e. The van der Waals surface area contributed by atoms with Crippen LogP contribution in [0.5, 0.6) is 0 Å². The smallest absolute Gasteiger partial charge is 0.0541 e. The normalized spacial score (nSPS) is 11.9. The minimum absolute atomic E-state index is 1.17. The van der Waals surface area contributed by atoms with Crippen molar-refractivity contribution in [1.29, 1.82) is 0 Å². The van der Waals surface area contributed by atoms with Gasteiger partial charge in [0, 0.05) is 16.5 Å². The lowest BCUT2D eigenvalue weighted by atomic mass is 9.92. The topological polar surface area (TPSA) is 4.93 Å². The van der Waals surface area contributed by atoms with Crippen LogP contribution in [0.4, 0.5) is 0 Å². The molecule has 41 heavy (non-hydrogen) atoms. The first-order valence-electron chi connectivity index (χ1n) is 14.2. The van der Waals surface area contributed by atoms with Crippen molar-refractivity contribution < 1.29 is 0 Å². The fourth-order valence-corrected chi connectivity index (χ4v) is 6.95. The summed E-state index contributed by atoms with van der Waals surface area (Å²) in [6.07, 6.45) is 0. The van der Waals surface area contributed by atoms with Gasteiger partial charge in [0.15, 0.2) is 0 Å². The highest BCUT2D eigenvalue weighted by atomic mass is 15.0. The first-order chi connectivity index (χ1) is 20.3. The van der Waals surface area contributed by atoms with E-state index in [2.05, 4.69) is 156 Å². The van der Waals surface area contributed by atoms with Gasteiger partial charge in [0.2, 0.25) is 0 Å². The van der Waals surface area contributed by atoms with Gasteiger partial charge < -0.3 is 4.57 Å². The second-order valence-electron chi connectivity index (χ2n) is 10.9. The molecular formula is C40H25N. The van der Waals surface area contributed by atoms with Gasteiger partial charge in [-0.3, -0.25) is 0 Å². The van der Waals surface area contributed by atoms with E-state index in [-0.39, 0.29) is 0 Å². The second-order valence-corrected chi connectivity index (χ2v) is 10.9. The molecule has 0 saturated carbocycles. The van der Waals surface area contributed by atoms with Crippen molar-refractivity contribution in [3.8, 4) is 50.2 Å². The largest absolute Gasteiger partial charge is 0.309 e. The van der Waals surface area contributed by atoms with E-state index >= 15 is 0 Å². The van der Waals surface area contributed by atoms with E-state index in [0.29, 0.717) is 0 Å². The van der Waals surface area contributed by atoms with Crippen molar-refractivity contribution in [3.63, 3.8) is 0 Å². The van der Waals surface area contributed by atoms with Crippen molar-refractivity contribution in [2.45, 2.75) is 0 Å². The maximum absolute atomic E-state index is 2.43. The molecule has 0 fully saturated rings. The molecular weight excluding hydrogens is 494 g/mol. The molecule has 0 N–H and O–H groups in total. The zero-order valence-corrected chi connectivity index (χ0v) is 22.4. The summed E-state index contributed by atoms with van der Waals surface area (Å²) in [6, 6.07) is 55.5. The molecule has 1 heterocycles. The molecule has 0 saturated heterocycles. The van der Waals surface area contributed by atoms with Crippen LogP contribution in [0.25, 0.3) is 82.8 Å². The van der Waals surface area contributed by atoms with Crippen LogP contribution in [0.3, 0.4) is 0 Å². The van der Waals surface area contributed by atoms with Crippen LogP contribution in [0.2, 0.25) is 0 Å². The first-order valence-corrected chi connectivity index (χ1v) is 14.2. The highest BCUT2D eigenvalue weighted by Gasteiger charge is 2.23. The molecule has 0 unspecified atom stereocenters. The molecule has 1 aliphatic carbocycles. The Labute approximate surface area is 238 Å². The van der Waals surface area contributed by atoms with Crippen molar-refractivity contribution in [2.24, 2.45) is 0 Å². The fourth-order valence-electron chi connectivity index (χ4n) is 6.95. The molecule has 0 bridgehead atoms. The Kier molecular flexibility index (Phi) is 4.67. The Balaban J connectivity index is 1.36. The average Bonchev–Trinajstić information content (AvgIpc) is 3.56. The van der Waals surface area contributed by atoms with E-state index < -0.39 is 0 Å². The average molecular weight is 520 g/mol. The standard InChI is InChI=1S/C40H25N/c1-2-11-26(12-3-1)27-23-28(25-29(24-27)41-38-19-8-6-15-33(38)34-16-7-9-20-39(34)41)30-21-22-37-32-14-5-4-13-31(32)36-18-10-17-35(30)40(36)37/h1-25H. The Morgan fingerprint density at radius 2 is 0.854 bits per heavy atom. The van der Waals surface area contributed by atoms with Crippen LogP contribution >= 0.6 is 0 Å². The first kappa shape index (κ1) is 22.4. The summed E-state index contributed by atoms with van der Waals surface area (Å²) >= 11 is 0. The number of rotatable bonds is 3. The summed E-state index contributed by atoms with van der Waals surface area (Å²) in [7, 11) is 0. The zero-order chi connectivity index (χ0) is 26.9. The molecule has 0 atom stereocenters. The number of benzene rings is 7. The molecule has 1 aromatic heterocycles. The van der Waals surface area contributed by atoms with Crippen LogP contribution in [-0.2, 0) is 0 Å². The molecule has 7 aromatic carbocycles. The van der Waals surface area contributed by atoms with E-state index in [1.165, 1.54) is 82.8 Å². The fraction of sp³-hybridized carbons (Fsp3) is 0. The molecule has 0 spiro atoms. The quantitative estimate of drug-likeness (QED) is 0.219. The van der Waals surface area contributed by atoms with E-state index in [0.717, 1.165) is 0 Å². The number of para-hydroxylation sites is 2. The van der Waals surface area contributed by atoms with E-state index in [9.17, 15) is 0 Å². The van der Waals surface area contributed by atoms with Crippen molar-refractivity contribution in [1.82, 2.24) is 4.57 Å². The SMILES string of the molecule is c1ccc(-c2cc(-c3ccc4c5c(cccc35)-c3ccccc3-4)cc(-n3c4ccccc4c4ccccc43)c2)cc1. The van der Waals surface area contributed by atoms with Gasteiger partial charge in [0.05, 0.1) is 11.0 Å². The summed E-state index contributed by atoms with van der Waals surface area (Å²) in [6.45, 7) is 0. The van der Waals surface area contributed by atoms with E-state index in [4.69, 9.17) is 0 Å². The number of hydrogen-bond acceptors (Lipinski definition) is 0. The molecule has 9 rings (SSSR count). The van der Waals surface area contributed by atoms with Gasteiger partial charge in [0.25, 0.3) is 0 Å². The lowest BCUT2D eigenvalue weighted by Gasteiger charge is -2.16. The summed E-state index contributed by atoms with van der Waals surface area (Å²) in [5.74, 6) is 0. The highest BCUT2D eigenvalue weighted by molar-refractivity contribution is 6.19. The van der Waals surface area contributed by atoms with Crippen molar-refractivity contribution in [3.05, 3.63) is 152 Å². The van der Waals surface area contributed by atoms with Crippen LogP contribution < -0.4 is 0 Å². The summed E-state index contributed by atoms with van der Waals surface area (Å²) < 4.78 is 2.43. The molecule has 1 aliphatic rings. The summed E-state index contributed by atoms with van der Waals surface area (Å²) in [4.78, 5) is 0. The number of aromatic nitrogens is 1. The molecule has 1 nitrogen and oxygen atoms in total. The Hall–Kier alpha value is -5.40. The minimum atomic E-state index is 1.17. The van der Waals surface area contributed by atoms with Gasteiger partial charge in [-0.2, -0.15) is 0 Å². The Bertz CT molecular complexity index is 2220. The maximum atomic E-state index is 2.43. The van der Waals surface area contributed by atoms with E-state index in [1.807, 2.05) is 0 Å². The van der Waals surface area contributed by atoms with Crippen LogP contribution in [0.1, 0.15) is 0 Å². The molecule has 0 radical (unpaired) electrons. The summed E-state index contributed by atoms with van der Waals surface area (Å²) in [5, 5.41) is 5.21. The third-order valence-electron chi connectivity index (χ3n) is 8.72. The molecule has 190 valence electrons. The van der Waals surface area contributed by atoms with Gasteiger partial charge in [0.1, 0.15) is 0 Å². The van der Waals surface area contributed by atoms with Crippen LogP contribution in [0, 0.1) is 0 Å². The van der Waals surface area contributed by atoms with Gasteiger partial charge in [-0.15, -0.1) is 0 Å². The highest BCUT2D eigenvalue weighted by Crippen LogP contribution is 2.49. The lowest BCUT2D eigenvalue weighted by Crippen LogP contribution is -1.96. The summed E-state index contributed by atoms with van der Waals surface area (Å²) in [5.41, 5.74) is 13.9. The van der Waals surface area contributed by atoms with E-state index in [1.54, 1.807) is 0 Å². The van der Waals surface area contributed by atoms with Crippen molar-refractivity contribution >= 4 is 32.6 Å². The van der Waals surface area contributed by atoms with Gasteiger partial charge >= 0.3 is 0 Å². The predicted molar refractivity (Wildman–Crippen MR) is 174 cm³/mol. The molecule has 0 amide bonds. The predicted octanol–water partition coefficient (Wildman–Crippen LogP) is 10.9. The molecule has 8 aromatic rings. The van der Waals surface area contributed by atoms with Crippen LogP contribution in [0.15, 0.2) is 152 Å². The Morgan fingerprint density at radius 3 is 1.59 bits per heavy atom. The Morgan fingerprint density at radius 1 is 0.317 bits per heavy atom. The van der Waals surface area contributed by atoms with Crippen LogP contribution in [-0.4, -0.2) is 4.57 Å². The molecule has 0 aliphatic heterocycles. The zero-order valence-electron chi connectivity index (χ0n) is 22.4. The van der Waals surface area contributed by atoms with Crippen molar-refractivity contribution in [2.75, 3.05) is 0 Å². The second kappa shape index (κ2) is 8.55. The lowest BCUT2D eigenvalue weighted by molar-refractivity contribution is 1.18. The molecule has 1 heteroatoms. The maximum Gasteiger partial charge on any atom is 0.0541 e. The third kappa shape index (κ3) is 3.24. The van der Waals surface area contributed by atoms with Gasteiger partial charge in [-0.05, 0) is 85.6 Å². The number of fused-ring (bicyclic) bond motifs is 6. The van der Waals surface area contributed by atoms with Gasteiger partial charge in [-0.1, -0.05) is 121 Å².